The van der Waals surface area contributed by atoms with Gasteiger partial charge in [-0.25, -0.2) is 9.67 Å². The van der Waals surface area contributed by atoms with Gasteiger partial charge in [-0.1, -0.05) is 78.3 Å². The maximum absolute atomic E-state index is 12.9. The van der Waals surface area contributed by atoms with Crippen molar-refractivity contribution in [1.29, 1.82) is 0 Å². The first kappa shape index (κ1) is 23.2. The Morgan fingerprint density at radius 1 is 0.912 bits per heavy atom. The molecule has 3 aromatic carbocycles. The van der Waals surface area contributed by atoms with Gasteiger partial charge in [0.15, 0.2) is 0 Å². The van der Waals surface area contributed by atoms with Gasteiger partial charge in [-0.05, 0) is 28.8 Å². The number of rotatable bonds is 9. The van der Waals surface area contributed by atoms with Crippen LogP contribution in [0.15, 0.2) is 91.5 Å². The zero-order chi connectivity index (χ0) is 23.8. The fraction of sp³-hybridized carbons (Fsp3) is 0.154. The lowest BCUT2D eigenvalue weighted by atomic mass is 10.0. The molecule has 4 rings (SSSR count). The summed E-state index contributed by atoms with van der Waals surface area (Å²) in [5.74, 6) is -0.505. The minimum Gasteiger partial charge on any atom is -0.352 e. The third kappa shape index (κ3) is 6.08. The molecule has 0 aliphatic heterocycles. The first-order valence-electron chi connectivity index (χ1n) is 10.9. The van der Waals surface area contributed by atoms with E-state index < -0.39 is 6.04 Å². The number of carbonyl (C=O) groups is 2. The van der Waals surface area contributed by atoms with Gasteiger partial charge in [-0.15, -0.1) is 0 Å². The van der Waals surface area contributed by atoms with Crippen LogP contribution in [0.4, 0.5) is 0 Å². The number of halogens is 1. The Labute approximate surface area is 202 Å². The second-order valence-electron chi connectivity index (χ2n) is 7.76. The van der Waals surface area contributed by atoms with Crippen LogP contribution in [-0.4, -0.2) is 26.6 Å². The van der Waals surface area contributed by atoms with Crippen molar-refractivity contribution >= 4 is 23.4 Å². The predicted octanol–water partition coefficient (Wildman–Crippen LogP) is 4.16. The van der Waals surface area contributed by atoms with Gasteiger partial charge in [0.05, 0.1) is 29.6 Å². The molecule has 0 fully saturated rings. The van der Waals surface area contributed by atoms with Gasteiger partial charge in [-0.3, -0.25) is 9.59 Å². The lowest BCUT2D eigenvalue weighted by Crippen LogP contribution is -2.34. The van der Waals surface area contributed by atoms with Gasteiger partial charge < -0.3 is 10.6 Å². The van der Waals surface area contributed by atoms with E-state index >= 15 is 0 Å². The van der Waals surface area contributed by atoms with Crippen molar-refractivity contribution in [3.8, 4) is 0 Å². The maximum Gasteiger partial charge on any atom is 0.253 e. The quantitative estimate of drug-likeness (QED) is 0.382. The zero-order valence-electron chi connectivity index (χ0n) is 18.4. The minimum atomic E-state index is -0.504. The van der Waals surface area contributed by atoms with Crippen molar-refractivity contribution in [3.05, 3.63) is 119 Å². The number of nitrogens with one attached hydrogen (secondary N) is 2. The smallest absolute Gasteiger partial charge is 0.253 e. The highest BCUT2D eigenvalue weighted by Gasteiger charge is 2.20. The molecule has 1 heterocycles. The number of aromatic nitrogens is 3. The van der Waals surface area contributed by atoms with E-state index in [1.54, 1.807) is 35.3 Å². The summed E-state index contributed by atoms with van der Waals surface area (Å²) >= 11 is 6.19. The van der Waals surface area contributed by atoms with E-state index in [1.807, 2.05) is 54.6 Å². The summed E-state index contributed by atoms with van der Waals surface area (Å²) in [7, 11) is 0. The molecule has 1 aromatic heterocycles. The van der Waals surface area contributed by atoms with Crippen LogP contribution in [0.3, 0.4) is 0 Å². The van der Waals surface area contributed by atoms with E-state index in [-0.39, 0.29) is 18.2 Å². The standard InChI is InChI=1S/C26H24ClN5O2/c27-23-13-7-6-12-22(23)26(34)31-24(19-8-2-1-3-9-19)14-25(33)29-15-20-10-4-5-11-21(20)16-32-18-28-17-30-32/h1-13,17-18,24H,14-16H2,(H,29,33)(H,31,34). The lowest BCUT2D eigenvalue weighted by molar-refractivity contribution is -0.121. The first-order chi connectivity index (χ1) is 16.6. The summed E-state index contributed by atoms with van der Waals surface area (Å²) in [5.41, 5.74) is 3.24. The monoisotopic (exact) mass is 473 g/mol. The van der Waals surface area contributed by atoms with E-state index in [2.05, 4.69) is 20.7 Å². The Kier molecular flexibility index (Phi) is 7.67. The van der Waals surface area contributed by atoms with Crippen molar-refractivity contribution in [2.24, 2.45) is 0 Å². The van der Waals surface area contributed by atoms with Crippen LogP contribution in [0.2, 0.25) is 5.02 Å². The van der Waals surface area contributed by atoms with Crippen molar-refractivity contribution in [3.63, 3.8) is 0 Å². The average Bonchev–Trinajstić information content (AvgIpc) is 3.37. The van der Waals surface area contributed by atoms with Gasteiger partial charge >= 0.3 is 0 Å². The Bertz CT molecular complexity index is 1250. The van der Waals surface area contributed by atoms with Gasteiger partial charge in [0.2, 0.25) is 5.91 Å². The highest BCUT2D eigenvalue weighted by Crippen LogP contribution is 2.20. The molecule has 4 aromatic rings. The van der Waals surface area contributed by atoms with Crippen molar-refractivity contribution in [2.45, 2.75) is 25.6 Å². The summed E-state index contributed by atoms with van der Waals surface area (Å²) in [5, 5.41) is 10.4. The number of carbonyl (C=O) groups excluding carboxylic acids is 2. The molecule has 0 saturated heterocycles. The van der Waals surface area contributed by atoms with Crippen molar-refractivity contribution < 1.29 is 9.59 Å². The molecule has 1 unspecified atom stereocenters. The largest absolute Gasteiger partial charge is 0.352 e. The summed E-state index contributed by atoms with van der Waals surface area (Å²) in [6.45, 7) is 0.927. The van der Waals surface area contributed by atoms with Crippen LogP contribution in [0.25, 0.3) is 0 Å². The molecule has 0 aliphatic carbocycles. The normalized spacial score (nSPS) is 11.6. The fourth-order valence-corrected chi connectivity index (χ4v) is 3.86. The average molecular weight is 474 g/mol. The lowest BCUT2D eigenvalue weighted by Gasteiger charge is -2.20. The van der Waals surface area contributed by atoms with E-state index in [0.717, 1.165) is 16.7 Å². The fourth-order valence-electron chi connectivity index (χ4n) is 3.64. The molecule has 1 atom stereocenters. The predicted molar refractivity (Wildman–Crippen MR) is 130 cm³/mol. The number of hydrogen-bond acceptors (Lipinski definition) is 4. The van der Waals surface area contributed by atoms with Crippen LogP contribution in [0.1, 0.15) is 39.5 Å². The summed E-state index contributed by atoms with van der Waals surface area (Å²) in [4.78, 5) is 29.7. The van der Waals surface area contributed by atoms with Crippen molar-refractivity contribution in [2.75, 3.05) is 0 Å². The molecule has 0 aliphatic rings. The molecule has 34 heavy (non-hydrogen) atoms. The van der Waals surface area contributed by atoms with Crippen LogP contribution in [-0.2, 0) is 17.9 Å². The van der Waals surface area contributed by atoms with E-state index in [0.29, 0.717) is 23.7 Å². The van der Waals surface area contributed by atoms with Crippen LogP contribution in [0, 0.1) is 0 Å². The Hall–Kier alpha value is -3.97. The second kappa shape index (κ2) is 11.2. The summed E-state index contributed by atoms with van der Waals surface area (Å²) in [6.07, 6.45) is 3.23. The molecule has 7 nitrogen and oxygen atoms in total. The highest BCUT2D eigenvalue weighted by atomic mass is 35.5. The summed E-state index contributed by atoms with van der Waals surface area (Å²) in [6, 6.07) is 23.6. The molecule has 0 bridgehead atoms. The third-order valence-electron chi connectivity index (χ3n) is 5.41. The molecule has 0 spiro atoms. The van der Waals surface area contributed by atoms with Gasteiger partial charge in [0, 0.05) is 6.54 Å². The van der Waals surface area contributed by atoms with Gasteiger partial charge in [0.25, 0.3) is 5.91 Å². The second-order valence-corrected chi connectivity index (χ2v) is 8.17. The van der Waals surface area contributed by atoms with Crippen molar-refractivity contribution in [1.82, 2.24) is 25.4 Å². The Balaban J connectivity index is 1.43. The van der Waals surface area contributed by atoms with Crippen LogP contribution < -0.4 is 10.6 Å². The van der Waals surface area contributed by atoms with E-state index in [9.17, 15) is 9.59 Å². The topological polar surface area (TPSA) is 88.9 Å². The SMILES string of the molecule is O=C(CC(NC(=O)c1ccccc1Cl)c1ccccc1)NCc1ccccc1Cn1cncn1. The first-order valence-corrected chi connectivity index (χ1v) is 11.2. The molecule has 2 amide bonds. The Morgan fingerprint density at radius 2 is 1.62 bits per heavy atom. The zero-order valence-corrected chi connectivity index (χ0v) is 19.2. The van der Waals surface area contributed by atoms with Gasteiger partial charge in [-0.2, -0.15) is 5.10 Å². The molecule has 0 saturated carbocycles. The molecule has 172 valence electrons. The van der Waals surface area contributed by atoms with Crippen LogP contribution >= 0.6 is 11.6 Å². The molecule has 2 N–H and O–H groups in total. The van der Waals surface area contributed by atoms with E-state index in [1.165, 1.54) is 6.33 Å². The highest BCUT2D eigenvalue weighted by molar-refractivity contribution is 6.33. The molecular formula is C26H24ClN5O2. The third-order valence-corrected chi connectivity index (χ3v) is 5.74. The minimum absolute atomic E-state index is 0.0887. The Morgan fingerprint density at radius 3 is 2.35 bits per heavy atom. The number of benzene rings is 3. The maximum atomic E-state index is 12.9. The number of hydrogen-bond donors (Lipinski definition) is 2. The number of amides is 2. The summed E-state index contributed by atoms with van der Waals surface area (Å²) < 4.78 is 1.73. The van der Waals surface area contributed by atoms with E-state index in [4.69, 9.17) is 11.6 Å². The van der Waals surface area contributed by atoms with Gasteiger partial charge in [0.1, 0.15) is 12.7 Å². The number of nitrogens with zero attached hydrogens (tertiary/aromatic N) is 3. The molecule has 0 radical (unpaired) electrons. The molecular weight excluding hydrogens is 450 g/mol. The van der Waals surface area contributed by atoms with Crippen LogP contribution in [0.5, 0.6) is 0 Å². The molecule has 8 heteroatoms.